The highest BCUT2D eigenvalue weighted by atomic mass is 19.1. The van der Waals surface area contributed by atoms with E-state index in [-0.39, 0.29) is 11.7 Å². The normalized spacial score (nSPS) is 12.0. The number of hydrogen-bond acceptors (Lipinski definition) is 4. The fourth-order valence-electron chi connectivity index (χ4n) is 2.00. The van der Waals surface area contributed by atoms with Crippen molar-refractivity contribution in [2.45, 2.75) is 6.04 Å². The van der Waals surface area contributed by atoms with E-state index in [4.69, 9.17) is 4.74 Å². The number of anilines is 1. The Bertz CT molecular complexity index is 642. The number of carbonyl (C=O) groups is 1. The van der Waals surface area contributed by atoms with Gasteiger partial charge in [-0.25, -0.2) is 4.39 Å². The minimum absolute atomic E-state index is 0.130. The largest absolute Gasteiger partial charge is 0.494 e. The van der Waals surface area contributed by atoms with E-state index >= 15 is 0 Å². The molecule has 0 saturated heterocycles. The zero-order valence-corrected chi connectivity index (χ0v) is 12.1. The van der Waals surface area contributed by atoms with Crippen LogP contribution in [0.25, 0.3) is 0 Å². The van der Waals surface area contributed by atoms with Crippen LogP contribution in [0.1, 0.15) is 11.6 Å². The zero-order chi connectivity index (χ0) is 15.4. The Balaban J connectivity index is 2.14. The van der Waals surface area contributed by atoms with Gasteiger partial charge >= 0.3 is 0 Å². The smallest absolute Gasteiger partial charge is 0.246 e. The van der Waals surface area contributed by atoms with Gasteiger partial charge in [0.1, 0.15) is 6.04 Å². The number of likely N-dealkylation sites (N-methyl/N-ethyl adjacent to an activating group) is 1. The SMILES string of the molecule is CNC(C(=O)Nc1ccc(OC)c(F)c1)c1cnn(C)c1. The molecule has 1 amide bonds. The van der Waals surface area contributed by atoms with Crippen LogP contribution >= 0.6 is 0 Å². The molecule has 0 fully saturated rings. The van der Waals surface area contributed by atoms with Crippen LogP contribution in [0.2, 0.25) is 0 Å². The van der Waals surface area contributed by atoms with Gasteiger partial charge in [0, 0.05) is 30.6 Å². The molecular formula is C14H17FN4O2. The van der Waals surface area contributed by atoms with Crippen molar-refractivity contribution >= 4 is 11.6 Å². The van der Waals surface area contributed by atoms with Crippen LogP contribution in [0.4, 0.5) is 10.1 Å². The summed E-state index contributed by atoms with van der Waals surface area (Å²) in [4.78, 5) is 12.3. The predicted molar refractivity (Wildman–Crippen MR) is 76.6 cm³/mol. The molecular weight excluding hydrogens is 275 g/mol. The van der Waals surface area contributed by atoms with E-state index < -0.39 is 11.9 Å². The predicted octanol–water partition coefficient (Wildman–Crippen LogP) is 1.47. The van der Waals surface area contributed by atoms with Crippen molar-refractivity contribution < 1.29 is 13.9 Å². The summed E-state index contributed by atoms with van der Waals surface area (Å²) in [5.41, 5.74) is 1.09. The maximum Gasteiger partial charge on any atom is 0.246 e. The van der Waals surface area contributed by atoms with E-state index in [1.807, 2.05) is 0 Å². The first-order valence-electron chi connectivity index (χ1n) is 6.35. The number of hydrogen-bond donors (Lipinski definition) is 2. The first kappa shape index (κ1) is 15.0. The lowest BCUT2D eigenvalue weighted by molar-refractivity contribution is -0.118. The second kappa shape index (κ2) is 6.36. The molecule has 2 aromatic rings. The molecule has 0 aliphatic carbocycles. The summed E-state index contributed by atoms with van der Waals surface area (Å²) in [5.74, 6) is -0.696. The van der Waals surface area contributed by atoms with Gasteiger partial charge in [0.25, 0.3) is 0 Å². The number of aryl methyl sites for hydroxylation is 1. The Hall–Kier alpha value is -2.41. The van der Waals surface area contributed by atoms with E-state index in [0.29, 0.717) is 5.69 Å². The molecule has 0 aliphatic heterocycles. The van der Waals surface area contributed by atoms with Gasteiger partial charge in [-0.05, 0) is 19.2 Å². The van der Waals surface area contributed by atoms with Gasteiger partial charge in [0.15, 0.2) is 11.6 Å². The summed E-state index contributed by atoms with van der Waals surface area (Å²) in [6.45, 7) is 0. The summed E-state index contributed by atoms with van der Waals surface area (Å²) >= 11 is 0. The number of benzene rings is 1. The lowest BCUT2D eigenvalue weighted by Gasteiger charge is -2.15. The first-order chi connectivity index (χ1) is 10.0. The molecule has 1 unspecified atom stereocenters. The quantitative estimate of drug-likeness (QED) is 0.875. The van der Waals surface area contributed by atoms with Gasteiger partial charge in [0.2, 0.25) is 5.91 Å². The minimum Gasteiger partial charge on any atom is -0.494 e. The summed E-state index contributed by atoms with van der Waals surface area (Å²) < 4.78 is 20.1. The van der Waals surface area contributed by atoms with Crippen LogP contribution in [0.15, 0.2) is 30.6 Å². The summed E-state index contributed by atoms with van der Waals surface area (Å²) in [5, 5.41) is 9.60. The Morgan fingerprint density at radius 2 is 2.24 bits per heavy atom. The Morgan fingerprint density at radius 3 is 2.76 bits per heavy atom. The number of nitrogens with one attached hydrogen (secondary N) is 2. The van der Waals surface area contributed by atoms with Crippen molar-refractivity contribution in [2.75, 3.05) is 19.5 Å². The molecule has 0 bridgehead atoms. The third-order valence-electron chi connectivity index (χ3n) is 3.03. The highest BCUT2D eigenvalue weighted by molar-refractivity contribution is 5.95. The molecule has 6 nitrogen and oxygen atoms in total. The summed E-state index contributed by atoms with van der Waals surface area (Å²) in [7, 11) is 4.83. The Morgan fingerprint density at radius 1 is 1.48 bits per heavy atom. The maximum atomic E-state index is 13.6. The van der Waals surface area contributed by atoms with Crippen molar-refractivity contribution in [3.63, 3.8) is 0 Å². The van der Waals surface area contributed by atoms with Gasteiger partial charge < -0.3 is 15.4 Å². The zero-order valence-electron chi connectivity index (χ0n) is 12.1. The fourth-order valence-corrected chi connectivity index (χ4v) is 2.00. The van der Waals surface area contributed by atoms with Crippen LogP contribution in [-0.2, 0) is 11.8 Å². The maximum absolute atomic E-state index is 13.6. The van der Waals surface area contributed by atoms with Crippen LogP contribution in [0.5, 0.6) is 5.75 Å². The van der Waals surface area contributed by atoms with Gasteiger partial charge in [-0.1, -0.05) is 0 Å². The minimum atomic E-state index is -0.566. The highest BCUT2D eigenvalue weighted by Crippen LogP contribution is 2.22. The lowest BCUT2D eigenvalue weighted by atomic mass is 10.1. The van der Waals surface area contributed by atoms with Crippen molar-refractivity contribution in [3.8, 4) is 5.75 Å². The molecule has 1 aromatic heterocycles. The molecule has 2 N–H and O–H groups in total. The molecule has 0 saturated carbocycles. The average molecular weight is 292 g/mol. The van der Waals surface area contributed by atoms with Crippen LogP contribution in [0, 0.1) is 5.82 Å². The molecule has 1 aromatic carbocycles. The molecule has 0 spiro atoms. The Labute approximate surface area is 121 Å². The second-order valence-corrected chi connectivity index (χ2v) is 4.51. The number of nitrogens with zero attached hydrogens (tertiary/aromatic N) is 2. The molecule has 0 aliphatic rings. The van der Waals surface area contributed by atoms with E-state index in [9.17, 15) is 9.18 Å². The summed E-state index contributed by atoms with van der Waals surface area (Å²) in [6.07, 6.45) is 3.35. The lowest BCUT2D eigenvalue weighted by Crippen LogP contribution is -2.30. The van der Waals surface area contributed by atoms with Crippen LogP contribution in [0.3, 0.4) is 0 Å². The van der Waals surface area contributed by atoms with E-state index in [2.05, 4.69) is 15.7 Å². The molecule has 7 heteroatoms. The number of methoxy groups -OCH3 is 1. The standard InChI is InChI=1S/C14H17FN4O2/c1-16-13(9-7-17-19(2)8-9)14(20)18-10-4-5-12(21-3)11(15)6-10/h4-8,13,16H,1-3H3,(H,18,20). The number of rotatable bonds is 5. The Kier molecular flexibility index (Phi) is 4.54. The first-order valence-corrected chi connectivity index (χ1v) is 6.35. The van der Waals surface area contributed by atoms with Crippen LogP contribution in [-0.4, -0.2) is 29.8 Å². The number of halogens is 1. The molecule has 0 radical (unpaired) electrons. The highest BCUT2D eigenvalue weighted by Gasteiger charge is 2.20. The van der Waals surface area contributed by atoms with Gasteiger partial charge in [-0.2, -0.15) is 5.10 Å². The molecule has 112 valence electrons. The molecule has 1 atom stereocenters. The fraction of sp³-hybridized carbons (Fsp3) is 0.286. The summed E-state index contributed by atoms with van der Waals surface area (Å²) in [6, 6.07) is 3.69. The average Bonchev–Trinajstić information content (AvgIpc) is 2.86. The topological polar surface area (TPSA) is 68.2 Å². The number of carbonyl (C=O) groups excluding carboxylic acids is 1. The van der Waals surface area contributed by atoms with Gasteiger partial charge in [0.05, 0.1) is 13.3 Å². The van der Waals surface area contributed by atoms with E-state index in [1.54, 1.807) is 37.2 Å². The van der Waals surface area contributed by atoms with E-state index in [1.165, 1.54) is 19.2 Å². The molecule has 1 heterocycles. The van der Waals surface area contributed by atoms with Gasteiger partial charge in [-0.3, -0.25) is 9.48 Å². The third-order valence-corrected chi connectivity index (χ3v) is 3.03. The molecule has 2 rings (SSSR count). The number of ether oxygens (including phenoxy) is 1. The third kappa shape index (κ3) is 3.38. The van der Waals surface area contributed by atoms with Crippen molar-refractivity contribution in [1.82, 2.24) is 15.1 Å². The van der Waals surface area contributed by atoms with Gasteiger partial charge in [-0.15, -0.1) is 0 Å². The monoisotopic (exact) mass is 292 g/mol. The second-order valence-electron chi connectivity index (χ2n) is 4.51. The van der Waals surface area contributed by atoms with Crippen LogP contribution < -0.4 is 15.4 Å². The molecule has 21 heavy (non-hydrogen) atoms. The number of amides is 1. The van der Waals surface area contributed by atoms with Crippen molar-refractivity contribution in [2.24, 2.45) is 7.05 Å². The van der Waals surface area contributed by atoms with Crippen molar-refractivity contribution in [3.05, 3.63) is 42.0 Å². The number of aromatic nitrogens is 2. The van der Waals surface area contributed by atoms with Crippen molar-refractivity contribution in [1.29, 1.82) is 0 Å². The van der Waals surface area contributed by atoms with E-state index in [0.717, 1.165) is 5.56 Å².